The van der Waals surface area contributed by atoms with Crippen LogP contribution in [0.4, 0.5) is 0 Å². The molecule has 0 spiro atoms. The summed E-state index contributed by atoms with van der Waals surface area (Å²) in [5.74, 6) is -1.83. The number of nitrogens with one attached hydrogen (secondary N) is 1. The molecule has 0 aliphatic rings. The van der Waals surface area contributed by atoms with Gasteiger partial charge in [0.2, 0.25) is 0 Å². The van der Waals surface area contributed by atoms with E-state index in [1.54, 1.807) is 34.6 Å². The number of hydrogen-bond acceptors (Lipinski definition) is 9. The van der Waals surface area contributed by atoms with Crippen LogP contribution in [0.15, 0.2) is 0 Å². The minimum atomic E-state index is -4.52. The Kier molecular flexibility index (Phi) is 14.1. The first-order valence-electron chi connectivity index (χ1n) is 11.4. The molecule has 0 aromatic carbocycles. The first-order chi connectivity index (χ1) is 15.5. The smallest absolute Gasteiger partial charge is 0.461 e. The van der Waals surface area contributed by atoms with Crippen LogP contribution >= 0.6 is 7.82 Å². The summed E-state index contributed by atoms with van der Waals surface area (Å²) in [5.41, 5.74) is -1.12. The van der Waals surface area contributed by atoms with Crippen LogP contribution in [0.3, 0.4) is 0 Å². The highest BCUT2D eigenvalue weighted by Gasteiger charge is 2.29. The number of rotatable bonds is 16. The predicted octanol–water partition coefficient (Wildman–Crippen LogP) is 2.99. The maximum Gasteiger partial charge on any atom is 0.472 e. The van der Waals surface area contributed by atoms with Crippen molar-refractivity contribution < 1.29 is 47.1 Å². The van der Waals surface area contributed by atoms with Crippen molar-refractivity contribution in [2.45, 2.75) is 79.9 Å². The Bertz CT molecular complexity index is 704. The number of phosphoric ester groups is 1. The minimum absolute atomic E-state index is 0.0548. The van der Waals surface area contributed by atoms with Gasteiger partial charge in [0.05, 0.1) is 19.1 Å². The number of ether oxygens (including phenoxy) is 3. The van der Waals surface area contributed by atoms with Crippen LogP contribution in [0.25, 0.3) is 0 Å². The molecule has 1 amide bonds. The molecule has 2 N–H and O–H groups in total. The van der Waals surface area contributed by atoms with Crippen molar-refractivity contribution in [3.63, 3.8) is 0 Å². The van der Waals surface area contributed by atoms with E-state index in [2.05, 4.69) is 5.32 Å². The molecule has 0 aliphatic heterocycles. The number of esters is 2. The van der Waals surface area contributed by atoms with Gasteiger partial charge in [-0.2, -0.15) is 0 Å². The fraction of sp³-hybridized carbons (Fsp3) is 0.864. The molecule has 0 bridgehead atoms. The Hall–Kier alpha value is -1.52. The summed E-state index contributed by atoms with van der Waals surface area (Å²) in [6.45, 7) is 13.4. The van der Waals surface area contributed by atoms with Gasteiger partial charge in [0.25, 0.3) is 5.91 Å². The average molecular weight is 512 g/mol. The van der Waals surface area contributed by atoms with Crippen LogP contribution in [0.5, 0.6) is 0 Å². The van der Waals surface area contributed by atoms with Gasteiger partial charge < -0.3 is 24.4 Å². The van der Waals surface area contributed by atoms with Gasteiger partial charge in [-0.05, 0) is 32.6 Å². The van der Waals surface area contributed by atoms with E-state index in [1.165, 1.54) is 0 Å². The van der Waals surface area contributed by atoms with Crippen LogP contribution in [0, 0.1) is 11.3 Å². The number of amides is 1. The minimum Gasteiger partial charge on any atom is -0.461 e. The summed E-state index contributed by atoms with van der Waals surface area (Å²) >= 11 is 0. The van der Waals surface area contributed by atoms with Crippen molar-refractivity contribution >= 4 is 25.7 Å². The molecular formula is C22H42NO10P. The van der Waals surface area contributed by atoms with Gasteiger partial charge in [-0.3, -0.25) is 23.4 Å². The van der Waals surface area contributed by atoms with Crippen molar-refractivity contribution in [1.82, 2.24) is 5.32 Å². The summed E-state index contributed by atoms with van der Waals surface area (Å²) in [6.07, 6.45) is -0.427. The second kappa shape index (κ2) is 14.8. The fourth-order valence-corrected chi connectivity index (χ4v) is 3.64. The second-order valence-corrected chi connectivity index (χ2v) is 11.0. The molecule has 0 heterocycles. The molecule has 200 valence electrons. The molecule has 12 heteroatoms. The molecule has 0 aromatic heterocycles. The zero-order valence-electron chi connectivity index (χ0n) is 21.7. The number of phosphoric acid groups is 1. The van der Waals surface area contributed by atoms with Gasteiger partial charge in [0.15, 0.2) is 6.10 Å². The standard InChI is InChI=1S/C22H42NO10P/c1-9-18(24)33-17(14-29-19(25)16(3)13-21(4,5)6)15-32-34(27,28)31-12-11-23-20(26)22(7,8)30-10-2/h16-17H,9-15H2,1-8H3,(H,23,26)(H,27,28). The highest BCUT2D eigenvalue weighted by Crippen LogP contribution is 2.43. The topological polar surface area (TPSA) is 147 Å². The third kappa shape index (κ3) is 14.7. The average Bonchev–Trinajstić information content (AvgIpc) is 2.71. The third-order valence-electron chi connectivity index (χ3n) is 4.44. The highest BCUT2D eigenvalue weighted by atomic mass is 31.2. The summed E-state index contributed by atoms with van der Waals surface area (Å²) in [6, 6.07) is 0. The lowest BCUT2D eigenvalue weighted by molar-refractivity contribution is -0.163. The van der Waals surface area contributed by atoms with Gasteiger partial charge in [-0.25, -0.2) is 4.57 Å². The molecule has 0 saturated heterocycles. The molecule has 0 radical (unpaired) electrons. The van der Waals surface area contributed by atoms with Gasteiger partial charge in [0, 0.05) is 19.6 Å². The summed E-state index contributed by atoms with van der Waals surface area (Å²) in [5, 5.41) is 2.53. The quantitative estimate of drug-likeness (QED) is 0.180. The molecular weight excluding hydrogens is 469 g/mol. The lowest BCUT2D eigenvalue weighted by Gasteiger charge is -2.24. The molecule has 0 fully saturated rings. The van der Waals surface area contributed by atoms with Crippen molar-refractivity contribution in [2.75, 3.05) is 33.0 Å². The Morgan fingerprint density at radius 3 is 2.18 bits per heavy atom. The van der Waals surface area contributed by atoms with E-state index in [4.69, 9.17) is 23.3 Å². The zero-order valence-corrected chi connectivity index (χ0v) is 22.6. The van der Waals surface area contributed by atoms with E-state index in [-0.39, 0.29) is 37.5 Å². The fourth-order valence-electron chi connectivity index (χ4n) is 2.88. The number of carbonyl (C=O) groups excluding carboxylic acids is 3. The van der Waals surface area contributed by atoms with Crippen molar-refractivity contribution in [3.05, 3.63) is 0 Å². The van der Waals surface area contributed by atoms with Crippen LogP contribution in [0.2, 0.25) is 0 Å². The third-order valence-corrected chi connectivity index (χ3v) is 5.42. The van der Waals surface area contributed by atoms with E-state index in [9.17, 15) is 23.8 Å². The predicted molar refractivity (Wildman–Crippen MR) is 125 cm³/mol. The maximum atomic E-state index is 12.2. The molecule has 3 unspecified atom stereocenters. The van der Waals surface area contributed by atoms with E-state index in [0.717, 1.165) is 0 Å². The van der Waals surface area contributed by atoms with E-state index >= 15 is 0 Å². The molecule has 34 heavy (non-hydrogen) atoms. The van der Waals surface area contributed by atoms with E-state index < -0.39 is 44.0 Å². The largest absolute Gasteiger partial charge is 0.472 e. The highest BCUT2D eigenvalue weighted by molar-refractivity contribution is 7.47. The summed E-state index contributed by atoms with van der Waals surface area (Å²) in [4.78, 5) is 45.8. The molecule has 3 atom stereocenters. The number of hydrogen-bond donors (Lipinski definition) is 2. The lowest BCUT2D eigenvalue weighted by atomic mass is 9.85. The van der Waals surface area contributed by atoms with E-state index in [1.807, 2.05) is 20.8 Å². The molecule has 0 saturated carbocycles. The SMILES string of the molecule is CCOC(C)(C)C(=O)NCCOP(=O)(O)OCC(COC(=O)C(C)CC(C)(C)C)OC(=O)CC. The van der Waals surface area contributed by atoms with Gasteiger partial charge >= 0.3 is 19.8 Å². The second-order valence-electron chi connectivity index (χ2n) is 9.56. The van der Waals surface area contributed by atoms with Crippen molar-refractivity contribution in [1.29, 1.82) is 0 Å². The Labute approximate surface area is 202 Å². The van der Waals surface area contributed by atoms with Crippen LogP contribution in [-0.4, -0.2) is 67.4 Å². The van der Waals surface area contributed by atoms with E-state index in [0.29, 0.717) is 13.0 Å². The van der Waals surface area contributed by atoms with Crippen LogP contribution in [0.1, 0.15) is 68.2 Å². The normalized spacial score (nSPS) is 15.7. The number of carbonyl (C=O) groups is 3. The summed E-state index contributed by atoms with van der Waals surface area (Å²) < 4.78 is 37.6. The van der Waals surface area contributed by atoms with Gasteiger partial charge in [-0.1, -0.05) is 34.6 Å². The maximum absolute atomic E-state index is 12.2. The zero-order chi connectivity index (χ0) is 26.6. The Balaban J connectivity index is 4.69. The van der Waals surface area contributed by atoms with Crippen molar-refractivity contribution in [2.24, 2.45) is 11.3 Å². The lowest BCUT2D eigenvalue weighted by Crippen LogP contribution is -2.45. The first kappa shape index (κ1) is 32.5. The molecule has 0 aliphatic carbocycles. The van der Waals surface area contributed by atoms with Crippen LogP contribution in [-0.2, 0) is 42.2 Å². The van der Waals surface area contributed by atoms with Gasteiger partial charge in [-0.15, -0.1) is 0 Å². The first-order valence-corrected chi connectivity index (χ1v) is 12.9. The molecule has 0 aromatic rings. The van der Waals surface area contributed by atoms with Gasteiger partial charge in [0.1, 0.15) is 12.2 Å². The summed E-state index contributed by atoms with van der Waals surface area (Å²) in [7, 11) is -4.52. The van der Waals surface area contributed by atoms with Crippen molar-refractivity contribution in [3.8, 4) is 0 Å². The monoisotopic (exact) mass is 511 g/mol. The molecule has 0 rings (SSSR count). The van der Waals surface area contributed by atoms with Crippen LogP contribution < -0.4 is 5.32 Å². The Morgan fingerprint density at radius 1 is 1.03 bits per heavy atom. The molecule has 11 nitrogen and oxygen atoms in total. The Morgan fingerprint density at radius 2 is 1.65 bits per heavy atom.